The van der Waals surface area contributed by atoms with E-state index in [1.54, 1.807) is 48.8 Å². The van der Waals surface area contributed by atoms with Crippen LogP contribution < -0.4 is 15.4 Å². The van der Waals surface area contributed by atoms with Crippen molar-refractivity contribution in [3.05, 3.63) is 83.9 Å². The van der Waals surface area contributed by atoms with Crippen LogP contribution >= 0.6 is 0 Å². The SMILES string of the molecule is Cc1ccncc1NC(=O)c1ccccc1OCC(=O)Nc1ccccc1F. The number of anilines is 2. The predicted octanol–water partition coefficient (Wildman–Crippen LogP) is 3.80. The molecule has 0 bridgehead atoms. The molecule has 0 aliphatic rings. The molecule has 0 fully saturated rings. The van der Waals surface area contributed by atoms with Crippen LogP contribution in [0.1, 0.15) is 15.9 Å². The van der Waals surface area contributed by atoms with E-state index >= 15 is 0 Å². The first-order valence-electron chi connectivity index (χ1n) is 8.53. The van der Waals surface area contributed by atoms with Gasteiger partial charge in [0.15, 0.2) is 6.61 Å². The maximum atomic E-state index is 13.6. The molecule has 6 nitrogen and oxygen atoms in total. The van der Waals surface area contributed by atoms with Crippen LogP contribution in [0.3, 0.4) is 0 Å². The molecule has 0 atom stereocenters. The third-order valence-corrected chi connectivity index (χ3v) is 3.93. The minimum absolute atomic E-state index is 0.0641. The minimum Gasteiger partial charge on any atom is -0.483 e. The van der Waals surface area contributed by atoms with Crippen LogP contribution in [0.2, 0.25) is 0 Å². The van der Waals surface area contributed by atoms with Gasteiger partial charge in [0.05, 0.1) is 23.1 Å². The number of para-hydroxylation sites is 2. The fraction of sp³-hybridized carbons (Fsp3) is 0.0952. The van der Waals surface area contributed by atoms with E-state index in [-0.39, 0.29) is 29.5 Å². The molecular formula is C21H18FN3O3. The highest BCUT2D eigenvalue weighted by Gasteiger charge is 2.15. The first-order chi connectivity index (χ1) is 13.5. The Kier molecular flexibility index (Phi) is 5.96. The Labute approximate surface area is 161 Å². The summed E-state index contributed by atoms with van der Waals surface area (Å²) in [5.74, 6) is -1.22. The van der Waals surface area contributed by atoms with Crippen molar-refractivity contribution >= 4 is 23.2 Å². The zero-order valence-corrected chi connectivity index (χ0v) is 15.1. The summed E-state index contributed by atoms with van der Waals surface area (Å²) in [5.41, 5.74) is 1.78. The molecule has 1 aromatic heterocycles. The first kappa shape index (κ1) is 19.0. The minimum atomic E-state index is -0.539. The Morgan fingerprint density at radius 3 is 2.54 bits per heavy atom. The Hall–Kier alpha value is -3.74. The average molecular weight is 379 g/mol. The number of carbonyl (C=O) groups is 2. The highest BCUT2D eigenvalue weighted by Crippen LogP contribution is 2.21. The van der Waals surface area contributed by atoms with Gasteiger partial charge in [-0.25, -0.2) is 4.39 Å². The van der Waals surface area contributed by atoms with Crippen LogP contribution in [0.5, 0.6) is 5.75 Å². The largest absolute Gasteiger partial charge is 0.483 e. The number of nitrogens with one attached hydrogen (secondary N) is 2. The molecule has 0 aliphatic carbocycles. The normalized spacial score (nSPS) is 10.2. The molecular weight excluding hydrogens is 361 g/mol. The van der Waals surface area contributed by atoms with Gasteiger partial charge in [0.1, 0.15) is 11.6 Å². The number of halogens is 1. The van der Waals surface area contributed by atoms with E-state index in [2.05, 4.69) is 15.6 Å². The number of hydrogen-bond acceptors (Lipinski definition) is 4. The molecule has 0 saturated carbocycles. The van der Waals surface area contributed by atoms with Gasteiger partial charge in [-0.3, -0.25) is 14.6 Å². The molecule has 2 amide bonds. The fourth-order valence-electron chi connectivity index (χ4n) is 2.46. The summed E-state index contributed by atoms with van der Waals surface area (Å²) in [7, 11) is 0. The zero-order valence-electron chi connectivity index (χ0n) is 15.1. The number of aryl methyl sites for hydroxylation is 1. The van der Waals surface area contributed by atoms with Crippen LogP contribution in [0.4, 0.5) is 15.8 Å². The number of aromatic nitrogens is 1. The maximum Gasteiger partial charge on any atom is 0.262 e. The van der Waals surface area contributed by atoms with Gasteiger partial charge in [0.2, 0.25) is 0 Å². The lowest BCUT2D eigenvalue weighted by Gasteiger charge is -2.13. The molecule has 3 aromatic rings. The quantitative estimate of drug-likeness (QED) is 0.683. The van der Waals surface area contributed by atoms with Crippen LogP contribution in [-0.2, 0) is 4.79 Å². The second-order valence-corrected chi connectivity index (χ2v) is 5.96. The lowest BCUT2D eigenvalue weighted by atomic mass is 10.1. The van der Waals surface area contributed by atoms with E-state index in [4.69, 9.17) is 4.74 Å². The second kappa shape index (κ2) is 8.77. The van der Waals surface area contributed by atoms with Gasteiger partial charge >= 0.3 is 0 Å². The highest BCUT2D eigenvalue weighted by molar-refractivity contribution is 6.06. The average Bonchev–Trinajstić information content (AvgIpc) is 2.70. The maximum absolute atomic E-state index is 13.6. The van der Waals surface area contributed by atoms with Crippen molar-refractivity contribution in [2.45, 2.75) is 6.92 Å². The Balaban J connectivity index is 1.67. The molecule has 3 rings (SSSR count). The summed E-state index contributed by atoms with van der Waals surface area (Å²) in [6.07, 6.45) is 3.19. The summed E-state index contributed by atoms with van der Waals surface area (Å²) in [5, 5.41) is 5.20. The molecule has 0 radical (unpaired) electrons. The van der Waals surface area contributed by atoms with E-state index < -0.39 is 11.7 Å². The lowest BCUT2D eigenvalue weighted by molar-refractivity contribution is -0.118. The van der Waals surface area contributed by atoms with Crippen molar-refractivity contribution < 1.29 is 18.7 Å². The molecule has 2 aromatic carbocycles. The van der Waals surface area contributed by atoms with Gasteiger partial charge in [0.25, 0.3) is 11.8 Å². The monoisotopic (exact) mass is 379 g/mol. The van der Waals surface area contributed by atoms with Gasteiger partial charge in [-0.05, 0) is 42.8 Å². The van der Waals surface area contributed by atoms with Crippen LogP contribution in [0.25, 0.3) is 0 Å². The van der Waals surface area contributed by atoms with Crippen molar-refractivity contribution in [2.75, 3.05) is 17.2 Å². The molecule has 28 heavy (non-hydrogen) atoms. The number of pyridine rings is 1. The van der Waals surface area contributed by atoms with E-state index in [9.17, 15) is 14.0 Å². The Morgan fingerprint density at radius 1 is 1.00 bits per heavy atom. The zero-order chi connectivity index (χ0) is 19.9. The Bertz CT molecular complexity index is 1010. The standard InChI is InChI=1S/C21H18FN3O3/c1-14-10-11-23-12-18(14)25-21(27)15-6-2-5-9-19(15)28-13-20(26)24-17-8-4-3-7-16(17)22/h2-12H,13H2,1H3,(H,24,26)(H,25,27). The second-order valence-electron chi connectivity index (χ2n) is 5.96. The summed E-state index contributed by atoms with van der Waals surface area (Å²) < 4.78 is 19.1. The van der Waals surface area contributed by atoms with Crippen molar-refractivity contribution in [1.82, 2.24) is 4.98 Å². The van der Waals surface area contributed by atoms with E-state index in [1.807, 2.05) is 6.92 Å². The van der Waals surface area contributed by atoms with Crippen molar-refractivity contribution in [3.8, 4) is 5.75 Å². The summed E-state index contributed by atoms with van der Waals surface area (Å²) >= 11 is 0. The Morgan fingerprint density at radius 2 is 1.75 bits per heavy atom. The molecule has 7 heteroatoms. The summed E-state index contributed by atoms with van der Waals surface area (Å²) in [6.45, 7) is 1.48. The molecule has 0 unspecified atom stereocenters. The molecule has 0 spiro atoms. The third-order valence-electron chi connectivity index (χ3n) is 3.93. The number of amides is 2. The highest BCUT2D eigenvalue weighted by atomic mass is 19.1. The number of hydrogen-bond donors (Lipinski definition) is 2. The number of benzene rings is 2. The lowest BCUT2D eigenvalue weighted by Crippen LogP contribution is -2.22. The fourth-order valence-corrected chi connectivity index (χ4v) is 2.46. The number of rotatable bonds is 6. The van der Waals surface area contributed by atoms with Crippen LogP contribution in [0, 0.1) is 12.7 Å². The van der Waals surface area contributed by atoms with Crippen molar-refractivity contribution in [3.63, 3.8) is 0 Å². The summed E-state index contributed by atoms with van der Waals surface area (Å²) in [6, 6.07) is 14.2. The van der Waals surface area contributed by atoms with Gasteiger partial charge in [-0.1, -0.05) is 24.3 Å². The first-order valence-corrected chi connectivity index (χ1v) is 8.53. The van der Waals surface area contributed by atoms with Gasteiger partial charge in [-0.2, -0.15) is 0 Å². The van der Waals surface area contributed by atoms with Gasteiger partial charge < -0.3 is 15.4 Å². The van der Waals surface area contributed by atoms with E-state index in [0.29, 0.717) is 5.69 Å². The molecule has 0 aliphatic heterocycles. The van der Waals surface area contributed by atoms with Crippen molar-refractivity contribution in [1.29, 1.82) is 0 Å². The predicted molar refractivity (Wildman–Crippen MR) is 104 cm³/mol. The number of carbonyl (C=O) groups excluding carboxylic acids is 2. The van der Waals surface area contributed by atoms with Gasteiger partial charge in [-0.15, -0.1) is 0 Å². The molecule has 0 saturated heterocycles. The third kappa shape index (κ3) is 4.70. The smallest absolute Gasteiger partial charge is 0.262 e. The van der Waals surface area contributed by atoms with Crippen molar-refractivity contribution in [2.24, 2.45) is 0 Å². The van der Waals surface area contributed by atoms with Crippen LogP contribution in [-0.4, -0.2) is 23.4 Å². The van der Waals surface area contributed by atoms with E-state index in [0.717, 1.165) is 5.56 Å². The number of nitrogens with zero attached hydrogens (tertiary/aromatic N) is 1. The molecule has 1 heterocycles. The number of ether oxygens (including phenoxy) is 1. The van der Waals surface area contributed by atoms with Crippen LogP contribution in [0.15, 0.2) is 67.0 Å². The van der Waals surface area contributed by atoms with Gasteiger partial charge in [0, 0.05) is 6.20 Å². The topological polar surface area (TPSA) is 80.3 Å². The van der Waals surface area contributed by atoms with E-state index in [1.165, 1.54) is 18.2 Å². The molecule has 142 valence electrons. The summed E-state index contributed by atoms with van der Waals surface area (Å²) in [4.78, 5) is 28.6. The molecule has 2 N–H and O–H groups in total.